The van der Waals surface area contributed by atoms with Crippen LogP contribution >= 0.6 is 23.1 Å². The van der Waals surface area contributed by atoms with Crippen LogP contribution in [0.2, 0.25) is 0 Å². The topological polar surface area (TPSA) is 37.8 Å². The minimum atomic E-state index is 0.182. The molecule has 102 valence electrons. The fourth-order valence-electron chi connectivity index (χ4n) is 2.04. The van der Waals surface area contributed by atoms with Crippen LogP contribution in [0, 0.1) is 0 Å². The van der Waals surface area contributed by atoms with Gasteiger partial charge >= 0.3 is 0 Å². The van der Waals surface area contributed by atoms with Gasteiger partial charge in [0.25, 0.3) is 0 Å². The molecule has 0 saturated carbocycles. The number of rotatable bonds is 4. The van der Waals surface area contributed by atoms with Gasteiger partial charge in [-0.2, -0.15) is 0 Å². The monoisotopic (exact) mass is 301 g/mol. The molecular formula is C15H15N3S2. The van der Waals surface area contributed by atoms with Crippen LogP contribution in [-0.4, -0.2) is 16.2 Å². The summed E-state index contributed by atoms with van der Waals surface area (Å²) in [6.45, 7) is 2.12. The first-order valence-corrected chi connectivity index (χ1v) is 8.42. The molecule has 1 N–H and O–H groups in total. The molecule has 0 aliphatic rings. The van der Waals surface area contributed by atoms with Gasteiger partial charge < -0.3 is 5.32 Å². The zero-order chi connectivity index (χ0) is 13.9. The molecule has 0 radical (unpaired) electrons. The maximum atomic E-state index is 4.55. The highest BCUT2D eigenvalue weighted by Gasteiger charge is 2.08. The van der Waals surface area contributed by atoms with Crippen LogP contribution in [0.25, 0.3) is 10.2 Å². The molecule has 3 nitrogen and oxygen atoms in total. The predicted molar refractivity (Wildman–Crippen MR) is 87.7 cm³/mol. The first-order chi connectivity index (χ1) is 9.76. The molecular weight excluding hydrogens is 286 g/mol. The summed E-state index contributed by atoms with van der Waals surface area (Å²) in [6, 6.07) is 12.5. The predicted octanol–water partition coefficient (Wildman–Crippen LogP) is 4.59. The molecule has 0 aliphatic heterocycles. The number of benzene rings is 1. The third-order valence-electron chi connectivity index (χ3n) is 3.06. The van der Waals surface area contributed by atoms with E-state index in [9.17, 15) is 0 Å². The van der Waals surface area contributed by atoms with Gasteiger partial charge in [0.1, 0.15) is 0 Å². The van der Waals surface area contributed by atoms with Crippen LogP contribution in [-0.2, 0) is 0 Å². The zero-order valence-corrected chi connectivity index (χ0v) is 13.0. The molecule has 5 heteroatoms. The first-order valence-electron chi connectivity index (χ1n) is 6.38. The summed E-state index contributed by atoms with van der Waals surface area (Å²) >= 11 is 3.42. The Kier molecular flexibility index (Phi) is 3.89. The van der Waals surface area contributed by atoms with Crippen molar-refractivity contribution in [3.8, 4) is 0 Å². The Bertz CT molecular complexity index is 709. The van der Waals surface area contributed by atoms with Crippen LogP contribution < -0.4 is 5.32 Å². The molecule has 1 aromatic carbocycles. The highest BCUT2D eigenvalue weighted by molar-refractivity contribution is 8.00. The van der Waals surface area contributed by atoms with E-state index in [4.69, 9.17) is 0 Å². The summed E-state index contributed by atoms with van der Waals surface area (Å²) < 4.78 is 2.32. The molecule has 0 bridgehead atoms. The summed E-state index contributed by atoms with van der Waals surface area (Å²) in [6.07, 6.45) is 3.88. The Morgan fingerprint density at radius 2 is 2.15 bits per heavy atom. The Morgan fingerprint density at radius 1 is 1.25 bits per heavy atom. The molecule has 0 saturated heterocycles. The van der Waals surface area contributed by atoms with Crippen molar-refractivity contribution in [2.75, 3.05) is 11.6 Å². The van der Waals surface area contributed by atoms with Crippen molar-refractivity contribution in [3.63, 3.8) is 0 Å². The molecule has 1 atom stereocenters. The number of aromatic nitrogens is 2. The third-order valence-corrected chi connectivity index (χ3v) is 5.06. The van der Waals surface area contributed by atoms with Crippen molar-refractivity contribution >= 4 is 39.0 Å². The van der Waals surface area contributed by atoms with E-state index in [1.807, 2.05) is 24.4 Å². The Morgan fingerprint density at radius 3 is 2.90 bits per heavy atom. The third kappa shape index (κ3) is 2.78. The van der Waals surface area contributed by atoms with Crippen LogP contribution in [0.4, 0.5) is 5.69 Å². The zero-order valence-electron chi connectivity index (χ0n) is 11.3. The normalized spacial score (nSPS) is 12.5. The number of pyridine rings is 1. The smallest absolute Gasteiger partial charge is 0.150 e. The van der Waals surface area contributed by atoms with Crippen LogP contribution in [0.5, 0.6) is 0 Å². The van der Waals surface area contributed by atoms with Crippen molar-refractivity contribution in [2.24, 2.45) is 0 Å². The van der Waals surface area contributed by atoms with Crippen molar-refractivity contribution in [1.82, 2.24) is 9.97 Å². The van der Waals surface area contributed by atoms with Gasteiger partial charge in [0.2, 0.25) is 0 Å². The van der Waals surface area contributed by atoms with Crippen molar-refractivity contribution < 1.29 is 0 Å². The Hall–Kier alpha value is -1.59. The molecule has 20 heavy (non-hydrogen) atoms. The Balaban J connectivity index is 1.83. The van der Waals surface area contributed by atoms with E-state index < -0.39 is 0 Å². The second kappa shape index (κ2) is 5.81. The SMILES string of the molecule is CSc1nc2ccc(NC(C)c3ccccn3)cc2s1. The largest absolute Gasteiger partial charge is 0.377 e. The van der Waals surface area contributed by atoms with Crippen molar-refractivity contribution in [1.29, 1.82) is 0 Å². The lowest BCUT2D eigenvalue weighted by Crippen LogP contribution is -2.07. The second-order valence-electron chi connectivity index (χ2n) is 4.49. The Labute approximate surface area is 126 Å². The van der Waals surface area contributed by atoms with Crippen LogP contribution in [0.15, 0.2) is 46.9 Å². The fraction of sp³-hybridized carbons (Fsp3) is 0.200. The minimum absolute atomic E-state index is 0.182. The molecule has 1 unspecified atom stereocenters. The molecule has 0 spiro atoms. The maximum absolute atomic E-state index is 4.55. The standard InChI is InChI=1S/C15H15N3S2/c1-10(12-5-3-4-8-16-12)17-11-6-7-13-14(9-11)20-15(18-13)19-2/h3-10,17H,1-2H3. The lowest BCUT2D eigenvalue weighted by Gasteiger charge is -2.14. The molecule has 3 aromatic rings. The number of hydrogen-bond acceptors (Lipinski definition) is 5. The lowest BCUT2D eigenvalue weighted by atomic mass is 10.2. The van der Waals surface area contributed by atoms with Gasteiger partial charge in [0.15, 0.2) is 4.34 Å². The number of hydrogen-bond donors (Lipinski definition) is 1. The van der Waals surface area contributed by atoms with Gasteiger partial charge in [0, 0.05) is 11.9 Å². The summed E-state index contributed by atoms with van der Waals surface area (Å²) in [5, 5.41) is 3.49. The number of fused-ring (bicyclic) bond motifs is 1. The summed E-state index contributed by atoms with van der Waals surface area (Å²) in [7, 11) is 0. The molecule has 2 heterocycles. The van der Waals surface area contributed by atoms with E-state index in [2.05, 4.69) is 46.7 Å². The van der Waals surface area contributed by atoms with Crippen molar-refractivity contribution in [2.45, 2.75) is 17.3 Å². The second-order valence-corrected chi connectivity index (χ2v) is 6.57. The number of thiazole rings is 1. The first kappa shape index (κ1) is 13.4. The van der Waals surface area contributed by atoms with E-state index in [1.165, 1.54) is 4.70 Å². The highest BCUT2D eigenvalue weighted by atomic mass is 32.2. The minimum Gasteiger partial charge on any atom is -0.377 e. The van der Waals surface area contributed by atoms with E-state index in [0.717, 1.165) is 21.2 Å². The van der Waals surface area contributed by atoms with Crippen molar-refractivity contribution in [3.05, 3.63) is 48.3 Å². The maximum Gasteiger partial charge on any atom is 0.150 e. The molecule has 0 amide bonds. The van der Waals surface area contributed by atoms with E-state index in [0.29, 0.717) is 0 Å². The number of nitrogens with zero attached hydrogens (tertiary/aromatic N) is 2. The van der Waals surface area contributed by atoms with Gasteiger partial charge in [-0.15, -0.1) is 11.3 Å². The van der Waals surface area contributed by atoms with Gasteiger partial charge in [0.05, 0.1) is 22.0 Å². The fourth-order valence-corrected chi connectivity index (χ4v) is 3.57. The average Bonchev–Trinajstić information content (AvgIpc) is 2.90. The van der Waals surface area contributed by atoms with E-state index in [-0.39, 0.29) is 6.04 Å². The number of nitrogens with one attached hydrogen (secondary N) is 1. The van der Waals surface area contributed by atoms with Gasteiger partial charge in [-0.05, 0) is 43.5 Å². The summed E-state index contributed by atoms with van der Waals surface area (Å²) in [5.41, 5.74) is 3.21. The average molecular weight is 301 g/mol. The van der Waals surface area contributed by atoms with Gasteiger partial charge in [-0.25, -0.2) is 4.98 Å². The van der Waals surface area contributed by atoms with Crippen LogP contribution in [0.3, 0.4) is 0 Å². The lowest BCUT2D eigenvalue weighted by molar-refractivity contribution is 0.840. The van der Waals surface area contributed by atoms with Crippen LogP contribution in [0.1, 0.15) is 18.7 Å². The highest BCUT2D eigenvalue weighted by Crippen LogP contribution is 2.30. The molecule has 2 aromatic heterocycles. The molecule has 0 fully saturated rings. The molecule has 0 aliphatic carbocycles. The summed E-state index contributed by atoms with van der Waals surface area (Å²) in [5.74, 6) is 0. The van der Waals surface area contributed by atoms with Gasteiger partial charge in [-0.3, -0.25) is 4.98 Å². The number of thioether (sulfide) groups is 1. The van der Waals surface area contributed by atoms with E-state index >= 15 is 0 Å². The quantitative estimate of drug-likeness (QED) is 0.715. The van der Waals surface area contributed by atoms with E-state index in [1.54, 1.807) is 23.1 Å². The van der Waals surface area contributed by atoms with Gasteiger partial charge in [-0.1, -0.05) is 17.8 Å². The molecule has 3 rings (SSSR count). The number of anilines is 1. The summed E-state index contributed by atoms with van der Waals surface area (Å²) in [4.78, 5) is 8.93.